The van der Waals surface area contributed by atoms with Crippen molar-refractivity contribution in [1.82, 2.24) is 20.2 Å². The van der Waals surface area contributed by atoms with Gasteiger partial charge >= 0.3 is 0 Å². The fourth-order valence-electron chi connectivity index (χ4n) is 2.89. The lowest BCUT2D eigenvalue weighted by Gasteiger charge is -2.35. The highest BCUT2D eigenvalue weighted by atomic mass is 16.2. The predicted octanol–water partition coefficient (Wildman–Crippen LogP) is 1.57. The summed E-state index contributed by atoms with van der Waals surface area (Å²) < 4.78 is 0. The van der Waals surface area contributed by atoms with Crippen LogP contribution in [0.1, 0.15) is 25.3 Å². The molecule has 1 fully saturated rings. The standard InChI is InChI=1S/C17H20N6O/c1-13-16(24)21(9-10-22(13)17(2)5-6-17)12-14-3-4-15(18-11-14)23-19-7-8-20-23/h3-4,7,9-11,20H,1,5-6,8,12H2,2H3. The summed E-state index contributed by atoms with van der Waals surface area (Å²) in [5, 5.41) is 5.78. The highest BCUT2D eigenvalue weighted by molar-refractivity contribution is 5.94. The van der Waals surface area contributed by atoms with E-state index in [1.54, 1.807) is 22.4 Å². The number of anilines is 1. The van der Waals surface area contributed by atoms with Gasteiger partial charge in [-0.15, -0.1) is 0 Å². The third-order valence-corrected chi connectivity index (χ3v) is 4.66. The first kappa shape index (κ1) is 14.9. The summed E-state index contributed by atoms with van der Waals surface area (Å²) in [5.74, 6) is 0.672. The van der Waals surface area contributed by atoms with Crippen LogP contribution in [0.2, 0.25) is 0 Å². The zero-order valence-corrected chi connectivity index (χ0v) is 13.6. The molecule has 7 heteroatoms. The van der Waals surface area contributed by atoms with E-state index >= 15 is 0 Å². The van der Waals surface area contributed by atoms with Crippen molar-refractivity contribution >= 4 is 17.9 Å². The molecule has 7 nitrogen and oxygen atoms in total. The molecule has 24 heavy (non-hydrogen) atoms. The highest BCUT2D eigenvalue weighted by Gasteiger charge is 2.45. The van der Waals surface area contributed by atoms with Crippen LogP contribution < -0.4 is 10.5 Å². The Morgan fingerprint density at radius 2 is 2.17 bits per heavy atom. The van der Waals surface area contributed by atoms with Gasteiger partial charge in [0.25, 0.3) is 5.91 Å². The van der Waals surface area contributed by atoms with Crippen molar-refractivity contribution in [2.45, 2.75) is 31.8 Å². The molecule has 3 heterocycles. The van der Waals surface area contributed by atoms with Crippen molar-refractivity contribution in [2.24, 2.45) is 5.10 Å². The quantitative estimate of drug-likeness (QED) is 0.852. The molecular formula is C17H20N6O. The molecule has 0 atom stereocenters. The van der Waals surface area contributed by atoms with Gasteiger partial charge in [0.1, 0.15) is 5.70 Å². The van der Waals surface area contributed by atoms with Gasteiger partial charge in [0, 0.05) is 30.4 Å². The lowest BCUT2D eigenvalue weighted by molar-refractivity contribution is -0.127. The summed E-state index contributed by atoms with van der Waals surface area (Å²) in [7, 11) is 0. The second kappa shape index (κ2) is 5.45. The molecule has 0 spiro atoms. The Bertz CT molecular complexity index is 734. The van der Waals surface area contributed by atoms with Gasteiger partial charge in [-0.05, 0) is 31.4 Å². The molecule has 1 N–H and O–H groups in total. The van der Waals surface area contributed by atoms with E-state index in [1.807, 2.05) is 29.4 Å². The number of hydrogen-bond acceptors (Lipinski definition) is 6. The van der Waals surface area contributed by atoms with E-state index in [-0.39, 0.29) is 11.4 Å². The molecule has 1 aromatic heterocycles. The number of hydrogen-bond donors (Lipinski definition) is 1. The largest absolute Gasteiger partial charge is 0.337 e. The zero-order chi connectivity index (χ0) is 16.7. The van der Waals surface area contributed by atoms with Crippen LogP contribution in [-0.4, -0.2) is 39.0 Å². The van der Waals surface area contributed by atoms with Crippen molar-refractivity contribution in [1.29, 1.82) is 0 Å². The van der Waals surface area contributed by atoms with Gasteiger partial charge in [-0.1, -0.05) is 12.6 Å². The Hall–Kier alpha value is -2.67. The van der Waals surface area contributed by atoms with Crippen molar-refractivity contribution in [3.63, 3.8) is 0 Å². The Labute approximate surface area is 140 Å². The van der Waals surface area contributed by atoms with E-state index in [2.05, 4.69) is 29.0 Å². The lowest BCUT2D eigenvalue weighted by atomic mass is 10.2. The maximum absolute atomic E-state index is 12.6. The summed E-state index contributed by atoms with van der Waals surface area (Å²) in [5.41, 5.74) is 4.64. The molecule has 0 aromatic carbocycles. The van der Waals surface area contributed by atoms with E-state index < -0.39 is 0 Å². The van der Waals surface area contributed by atoms with Crippen LogP contribution in [0, 0.1) is 0 Å². The average molecular weight is 324 g/mol. The molecular weight excluding hydrogens is 304 g/mol. The molecule has 0 bridgehead atoms. The number of nitrogens with one attached hydrogen (secondary N) is 1. The lowest BCUT2D eigenvalue weighted by Crippen LogP contribution is -2.41. The Morgan fingerprint density at radius 1 is 1.33 bits per heavy atom. The van der Waals surface area contributed by atoms with Gasteiger partial charge < -0.3 is 9.80 Å². The third-order valence-electron chi connectivity index (χ3n) is 4.66. The first-order chi connectivity index (χ1) is 11.6. The van der Waals surface area contributed by atoms with Gasteiger partial charge in [-0.25, -0.2) is 10.4 Å². The topological polar surface area (TPSA) is 64.1 Å². The Balaban J connectivity index is 1.46. The van der Waals surface area contributed by atoms with E-state index in [0.717, 1.165) is 24.2 Å². The fourth-order valence-corrected chi connectivity index (χ4v) is 2.89. The summed E-state index contributed by atoms with van der Waals surface area (Å²) in [6, 6.07) is 3.84. The van der Waals surface area contributed by atoms with Crippen LogP contribution in [0.25, 0.3) is 0 Å². The molecule has 1 aliphatic carbocycles. The number of hydrazine groups is 1. The number of rotatable bonds is 4. The molecule has 124 valence electrons. The summed E-state index contributed by atoms with van der Waals surface area (Å²) in [6.07, 6.45) is 9.54. The van der Waals surface area contributed by atoms with Gasteiger partial charge in [-0.2, -0.15) is 10.2 Å². The molecule has 0 saturated heterocycles. The van der Waals surface area contributed by atoms with Crippen LogP contribution in [0.3, 0.4) is 0 Å². The maximum Gasteiger partial charge on any atom is 0.274 e. The monoisotopic (exact) mass is 324 g/mol. The highest BCUT2D eigenvalue weighted by Crippen LogP contribution is 2.44. The number of carbonyl (C=O) groups excluding carboxylic acids is 1. The molecule has 3 aliphatic rings. The minimum absolute atomic E-state index is 0.0551. The molecule has 1 aromatic rings. The Kier molecular flexibility index (Phi) is 3.38. The maximum atomic E-state index is 12.6. The Morgan fingerprint density at radius 3 is 2.79 bits per heavy atom. The smallest absolute Gasteiger partial charge is 0.274 e. The van der Waals surface area contributed by atoms with E-state index in [1.165, 1.54) is 0 Å². The van der Waals surface area contributed by atoms with Crippen LogP contribution in [0.15, 0.2) is 48.1 Å². The second-order valence-corrected chi connectivity index (χ2v) is 6.54. The second-order valence-electron chi connectivity index (χ2n) is 6.54. The molecule has 4 rings (SSSR count). The number of pyridine rings is 1. The molecule has 0 radical (unpaired) electrons. The number of amides is 1. The molecule has 1 saturated carbocycles. The molecule has 2 aliphatic heterocycles. The fraction of sp³-hybridized carbons (Fsp3) is 0.353. The zero-order valence-electron chi connectivity index (χ0n) is 13.6. The number of aromatic nitrogens is 1. The van der Waals surface area contributed by atoms with E-state index in [4.69, 9.17) is 0 Å². The van der Waals surface area contributed by atoms with Crippen LogP contribution in [0.5, 0.6) is 0 Å². The van der Waals surface area contributed by atoms with Crippen molar-refractivity contribution < 1.29 is 4.79 Å². The number of hydrazone groups is 1. The number of nitrogens with zero attached hydrogens (tertiary/aromatic N) is 5. The van der Waals surface area contributed by atoms with Crippen molar-refractivity contribution in [3.05, 3.63) is 48.6 Å². The first-order valence-corrected chi connectivity index (χ1v) is 8.05. The minimum atomic E-state index is -0.0551. The summed E-state index contributed by atoms with van der Waals surface area (Å²) in [4.78, 5) is 20.6. The van der Waals surface area contributed by atoms with Gasteiger partial charge in [0.2, 0.25) is 0 Å². The normalized spacial score (nSPS) is 21.8. The summed E-state index contributed by atoms with van der Waals surface area (Å²) >= 11 is 0. The van der Waals surface area contributed by atoms with Crippen LogP contribution in [-0.2, 0) is 11.3 Å². The van der Waals surface area contributed by atoms with E-state index in [9.17, 15) is 4.79 Å². The van der Waals surface area contributed by atoms with E-state index in [0.29, 0.717) is 18.8 Å². The van der Waals surface area contributed by atoms with Gasteiger partial charge in [0.15, 0.2) is 5.82 Å². The first-order valence-electron chi connectivity index (χ1n) is 8.05. The van der Waals surface area contributed by atoms with Gasteiger partial charge in [-0.3, -0.25) is 4.79 Å². The minimum Gasteiger partial charge on any atom is -0.337 e. The number of carbonyl (C=O) groups is 1. The van der Waals surface area contributed by atoms with Gasteiger partial charge in [0.05, 0.1) is 13.1 Å². The predicted molar refractivity (Wildman–Crippen MR) is 91.5 cm³/mol. The van der Waals surface area contributed by atoms with Crippen LogP contribution >= 0.6 is 0 Å². The van der Waals surface area contributed by atoms with Crippen molar-refractivity contribution in [2.75, 3.05) is 11.7 Å². The SMILES string of the molecule is C=C1C(=O)N(Cc2ccc(N3N=CCN3)nc2)C=CN1C1(C)CC1. The average Bonchev–Trinajstić information content (AvgIpc) is 3.11. The molecule has 1 amide bonds. The van der Waals surface area contributed by atoms with Crippen LogP contribution in [0.4, 0.5) is 5.82 Å². The third kappa shape index (κ3) is 2.56. The molecule has 0 unspecified atom stereocenters. The summed E-state index contributed by atoms with van der Waals surface area (Å²) in [6.45, 7) is 7.31. The van der Waals surface area contributed by atoms with Crippen molar-refractivity contribution in [3.8, 4) is 0 Å².